The summed E-state index contributed by atoms with van der Waals surface area (Å²) in [6.45, 7) is 5.13. The molecule has 1 unspecified atom stereocenters. The molecule has 0 radical (unpaired) electrons. The molecule has 2 aromatic rings. The second kappa shape index (κ2) is 6.53. The van der Waals surface area contributed by atoms with Crippen molar-refractivity contribution in [2.75, 3.05) is 7.05 Å². The van der Waals surface area contributed by atoms with Gasteiger partial charge >= 0.3 is 0 Å². The SMILES string of the molecule is CCn1nc(C)cc1CC(Cc1ccccc1)NC. The van der Waals surface area contributed by atoms with Gasteiger partial charge in [0, 0.05) is 24.7 Å². The first-order valence-electron chi connectivity index (χ1n) is 6.97. The third-order valence-electron chi connectivity index (χ3n) is 3.47. The molecule has 0 aliphatic rings. The number of aryl methyl sites for hydroxylation is 2. The lowest BCUT2D eigenvalue weighted by molar-refractivity contribution is 0.520. The molecule has 1 aromatic heterocycles. The van der Waals surface area contributed by atoms with Crippen LogP contribution in [0.25, 0.3) is 0 Å². The zero-order valence-corrected chi connectivity index (χ0v) is 12.1. The van der Waals surface area contributed by atoms with Gasteiger partial charge in [-0.05, 0) is 38.9 Å². The van der Waals surface area contributed by atoms with Crippen molar-refractivity contribution in [3.8, 4) is 0 Å². The highest BCUT2D eigenvalue weighted by molar-refractivity contribution is 5.17. The van der Waals surface area contributed by atoms with E-state index in [-0.39, 0.29) is 0 Å². The van der Waals surface area contributed by atoms with Crippen molar-refractivity contribution in [2.45, 2.75) is 39.3 Å². The van der Waals surface area contributed by atoms with Gasteiger partial charge in [-0.3, -0.25) is 4.68 Å². The molecule has 0 aliphatic heterocycles. The molecule has 0 saturated carbocycles. The maximum Gasteiger partial charge on any atom is 0.0596 e. The van der Waals surface area contributed by atoms with Gasteiger partial charge in [0.25, 0.3) is 0 Å². The smallest absolute Gasteiger partial charge is 0.0596 e. The van der Waals surface area contributed by atoms with Crippen molar-refractivity contribution in [1.29, 1.82) is 0 Å². The van der Waals surface area contributed by atoms with Crippen LogP contribution in [0.4, 0.5) is 0 Å². The van der Waals surface area contributed by atoms with E-state index < -0.39 is 0 Å². The maximum atomic E-state index is 4.51. The maximum absolute atomic E-state index is 4.51. The minimum atomic E-state index is 0.448. The van der Waals surface area contributed by atoms with Crippen LogP contribution < -0.4 is 5.32 Å². The lowest BCUT2D eigenvalue weighted by Crippen LogP contribution is -2.30. The fourth-order valence-electron chi connectivity index (χ4n) is 2.46. The third kappa shape index (κ3) is 3.67. The minimum Gasteiger partial charge on any atom is -0.316 e. The van der Waals surface area contributed by atoms with Crippen molar-refractivity contribution >= 4 is 0 Å². The highest BCUT2D eigenvalue weighted by Crippen LogP contribution is 2.11. The van der Waals surface area contributed by atoms with Gasteiger partial charge in [-0.25, -0.2) is 0 Å². The number of hydrogen-bond acceptors (Lipinski definition) is 2. The first kappa shape index (κ1) is 13.8. The van der Waals surface area contributed by atoms with Crippen LogP contribution in [0.3, 0.4) is 0 Å². The summed E-state index contributed by atoms with van der Waals surface area (Å²) in [7, 11) is 2.03. The molecule has 0 spiro atoms. The van der Waals surface area contributed by atoms with Crippen molar-refractivity contribution in [2.24, 2.45) is 0 Å². The van der Waals surface area contributed by atoms with Crippen molar-refractivity contribution in [1.82, 2.24) is 15.1 Å². The molecule has 2 rings (SSSR count). The summed E-state index contributed by atoms with van der Waals surface area (Å²) in [6.07, 6.45) is 2.06. The number of hydrogen-bond donors (Lipinski definition) is 1. The molecule has 0 aliphatic carbocycles. The third-order valence-corrected chi connectivity index (χ3v) is 3.47. The van der Waals surface area contributed by atoms with Gasteiger partial charge in [0.15, 0.2) is 0 Å². The summed E-state index contributed by atoms with van der Waals surface area (Å²) < 4.78 is 2.10. The van der Waals surface area contributed by atoms with Crippen LogP contribution in [0.15, 0.2) is 36.4 Å². The molecule has 0 saturated heterocycles. The van der Waals surface area contributed by atoms with Crippen LogP contribution in [-0.2, 0) is 19.4 Å². The van der Waals surface area contributed by atoms with Crippen molar-refractivity contribution in [3.05, 3.63) is 53.3 Å². The van der Waals surface area contributed by atoms with Gasteiger partial charge in [-0.15, -0.1) is 0 Å². The molecule has 3 nitrogen and oxygen atoms in total. The van der Waals surface area contributed by atoms with E-state index in [9.17, 15) is 0 Å². The van der Waals surface area contributed by atoms with E-state index in [1.54, 1.807) is 0 Å². The van der Waals surface area contributed by atoms with Gasteiger partial charge < -0.3 is 5.32 Å². The molecular weight excluding hydrogens is 234 g/mol. The lowest BCUT2D eigenvalue weighted by atomic mass is 10.0. The molecule has 3 heteroatoms. The quantitative estimate of drug-likeness (QED) is 0.862. The number of benzene rings is 1. The summed E-state index contributed by atoms with van der Waals surface area (Å²) in [5.41, 5.74) is 3.79. The number of rotatable bonds is 6. The van der Waals surface area contributed by atoms with E-state index in [1.807, 2.05) is 7.05 Å². The average Bonchev–Trinajstić information content (AvgIpc) is 2.79. The van der Waals surface area contributed by atoms with Gasteiger partial charge in [-0.1, -0.05) is 30.3 Å². The highest BCUT2D eigenvalue weighted by atomic mass is 15.3. The number of nitrogens with zero attached hydrogens (tertiary/aromatic N) is 2. The summed E-state index contributed by atoms with van der Waals surface area (Å²) >= 11 is 0. The van der Waals surface area contributed by atoms with E-state index in [0.717, 1.165) is 25.1 Å². The van der Waals surface area contributed by atoms with Crippen LogP contribution in [0, 0.1) is 6.92 Å². The Hall–Kier alpha value is -1.61. The van der Waals surface area contributed by atoms with E-state index in [2.05, 4.69) is 65.3 Å². The van der Waals surface area contributed by atoms with Crippen LogP contribution >= 0.6 is 0 Å². The molecule has 1 aromatic carbocycles. The molecular formula is C16H23N3. The minimum absolute atomic E-state index is 0.448. The molecule has 1 atom stereocenters. The number of likely N-dealkylation sites (N-methyl/N-ethyl adjacent to an activating group) is 1. The highest BCUT2D eigenvalue weighted by Gasteiger charge is 2.12. The largest absolute Gasteiger partial charge is 0.316 e. The molecule has 1 heterocycles. The fourth-order valence-corrected chi connectivity index (χ4v) is 2.46. The van der Waals surface area contributed by atoms with E-state index in [0.29, 0.717) is 6.04 Å². The summed E-state index contributed by atoms with van der Waals surface area (Å²) in [5.74, 6) is 0. The Labute approximate surface area is 115 Å². The Morgan fingerprint density at radius 1 is 1.21 bits per heavy atom. The predicted octanol–water partition coefficient (Wildman–Crippen LogP) is 2.58. The predicted molar refractivity (Wildman–Crippen MR) is 79.3 cm³/mol. The molecule has 1 N–H and O–H groups in total. The standard InChI is InChI=1S/C16H23N3/c1-4-19-16(10-13(2)18-19)12-15(17-3)11-14-8-6-5-7-9-14/h5-10,15,17H,4,11-12H2,1-3H3. The van der Waals surface area contributed by atoms with Crippen LogP contribution in [0.1, 0.15) is 23.9 Å². The van der Waals surface area contributed by atoms with Gasteiger partial charge in [0.2, 0.25) is 0 Å². The Kier molecular flexibility index (Phi) is 4.74. The molecule has 19 heavy (non-hydrogen) atoms. The topological polar surface area (TPSA) is 29.9 Å². The first-order chi connectivity index (χ1) is 9.22. The molecule has 102 valence electrons. The monoisotopic (exact) mass is 257 g/mol. The zero-order valence-electron chi connectivity index (χ0n) is 12.1. The number of nitrogens with one attached hydrogen (secondary N) is 1. The molecule has 0 fully saturated rings. The fraction of sp³-hybridized carbons (Fsp3) is 0.438. The van der Waals surface area contributed by atoms with Gasteiger partial charge in [0.05, 0.1) is 5.69 Å². The van der Waals surface area contributed by atoms with E-state index in [1.165, 1.54) is 11.3 Å². The van der Waals surface area contributed by atoms with E-state index >= 15 is 0 Å². The van der Waals surface area contributed by atoms with Gasteiger partial charge in [0.1, 0.15) is 0 Å². The van der Waals surface area contributed by atoms with Crippen LogP contribution in [0.2, 0.25) is 0 Å². The van der Waals surface area contributed by atoms with Crippen molar-refractivity contribution < 1.29 is 0 Å². The van der Waals surface area contributed by atoms with Gasteiger partial charge in [-0.2, -0.15) is 5.10 Å². The van der Waals surface area contributed by atoms with Crippen LogP contribution in [-0.4, -0.2) is 22.9 Å². The second-order valence-corrected chi connectivity index (χ2v) is 4.97. The summed E-state index contributed by atoms with van der Waals surface area (Å²) in [5, 5.41) is 7.93. The van der Waals surface area contributed by atoms with Crippen LogP contribution in [0.5, 0.6) is 0 Å². The Balaban J connectivity index is 2.06. The normalized spacial score (nSPS) is 12.6. The summed E-state index contributed by atoms with van der Waals surface area (Å²) in [4.78, 5) is 0. The Bertz CT molecular complexity index is 502. The average molecular weight is 257 g/mol. The molecule has 0 amide bonds. The Morgan fingerprint density at radius 2 is 1.95 bits per heavy atom. The summed E-state index contributed by atoms with van der Waals surface area (Å²) in [6, 6.07) is 13.3. The first-order valence-corrected chi connectivity index (χ1v) is 6.97. The zero-order chi connectivity index (χ0) is 13.7. The molecule has 0 bridgehead atoms. The second-order valence-electron chi connectivity index (χ2n) is 4.97. The number of aromatic nitrogens is 2. The van der Waals surface area contributed by atoms with Crippen molar-refractivity contribution in [3.63, 3.8) is 0 Å². The lowest BCUT2D eigenvalue weighted by Gasteiger charge is -2.16. The Morgan fingerprint density at radius 3 is 2.58 bits per heavy atom. The van der Waals surface area contributed by atoms with E-state index in [4.69, 9.17) is 0 Å².